The van der Waals surface area contributed by atoms with Crippen molar-refractivity contribution in [3.63, 3.8) is 0 Å². The normalized spacial score (nSPS) is 24.2. The van der Waals surface area contributed by atoms with E-state index in [0.29, 0.717) is 31.1 Å². The largest absolute Gasteiger partial charge is 0.497 e. The van der Waals surface area contributed by atoms with Gasteiger partial charge in [-0.1, -0.05) is 23.4 Å². The standard InChI is InChI=1S/C23H24N4O5/c1-29-17-9-7-15(8-10-17)23(28)24-19-13-31-22-20(14-32-21(19)22)27-11-16(25-26-27)12-30-18-5-3-2-4-6-18/h2-11,19-22H,12-14H2,1H3,(H,24,28)/t19-,20+,21-,22+/m1/s1. The Morgan fingerprint density at radius 1 is 1.06 bits per heavy atom. The van der Waals surface area contributed by atoms with E-state index in [0.717, 1.165) is 11.4 Å². The number of benzene rings is 2. The summed E-state index contributed by atoms with van der Waals surface area (Å²) in [6.07, 6.45) is 1.41. The van der Waals surface area contributed by atoms with Crippen LogP contribution in [0, 0.1) is 0 Å². The first-order valence-electron chi connectivity index (χ1n) is 10.5. The van der Waals surface area contributed by atoms with Gasteiger partial charge >= 0.3 is 0 Å². The van der Waals surface area contributed by atoms with Crippen LogP contribution in [-0.4, -0.2) is 59.5 Å². The fraction of sp³-hybridized carbons (Fsp3) is 0.348. The summed E-state index contributed by atoms with van der Waals surface area (Å²) in [6.45, 7) is 1.14. The lowest BCUT2D eigenvalue weighted by atomic mass is 10.1. The lowest BCUT2D eigenvalue weighted by Crippen LogP contribution is -2.44. The van der Waals surface area contributed by atoms with Gasteiger partial charge in [0.2, 0.25) is 0 Å². The van der Waals surface area contributed by atoms with E-state index in [1.54, 1.807) is 36.1 Å². The zero-order valence-electron chi connectivity index (χ0n) is 17.6. The molecule has 2 saturated heterocycles. The number of fused-ring (bicyclic) bond motifs is 1. The molecule has 3 aromatic rings. The first-order valence-corrected chi connectivity index (χ1v) is 10.5. The van der Waals surface area contributed by atoms with Gasteiger partial charge in [0.15, 0.2) is 0 Å². The Morgan fingerprint density at radius 2 is 1.84 bits per heavy atom. The maximum Gasteiger partial charge on any atom is 0.251 e. The van der Waals surface area contributed by atoms with Crippen molar-refractivity contribution in [1.29, 1.82) is 0 Å². The highest BCUT2D eigenvalue weighted by atomic mass is 16.6. The summed E-state index contributed by atoms with van der Waals surface area (Å²) in [5.41, 5.74) is 1.28. The fourth-order valence-electron chi connectivity index (χ4n) is 4.04. The number of nitrogens with zero attached hydrogens (tertiary/aromatic N) is 3. The number of hydrogen-bond acceptors (Lipinski definition) is 7. The van der Waals surface area contributed by atoms with Crippen molar-refractivity contribution < 1.29 is 23.7 Å². The summed E-state index contributed by atoms with van der Waals surface area (Å²) in [5.74, 6) is 1.31. The quantitative estimate of drug-likeness (QED) is 0.605. The van der Waals surface area contributed by atoms with Crippen molar-refractivity contribution in [2.24, 2.45) is 0 Å². The lowest BCUT2D eigenvalue weighted by Gasteiger charge is -2.18. The highest BCUT2D eigenvalue weighted by molar-refractivity contribution is 5.94. The van der Waals surface area contributed by atoms with Crippen LogP contribution in [-0.2, 0) is 16.1 Å². The molecule has 166 valence electrons. The first kappa shape index (κ1) is 20.5. The van der Waals surface area contributed by atoms with Crippen LogP contribution in [0.1, 0.15) is 22.1 Å². The Morgan fingerprint density at radius 3 is 2.62 bits per heavy atom. The second kappa shape index (κ2) is 8.97. The topological polar surface area (TPSA) is 96.7 Å². The highest BCUT2D eigenvalue weighted by Crippen LogP contribution is 2.34. The summed E-state index contributed by atoms with van der Waals surface area (Å²) >= 11 is 0. The van der Waals surface area contributed by atoms with Gasteiger partial charge in [-0.15, -0.1) is 5.10 Å². The van der Waals surface area contributed by atoms with E-state index in [4.69, 9.17) is 18.9 Å². The number of aromatic nitrogens is 3. The predicted octanol–water partition coefficient (Wildman–Crippen LogP) is 2.00. The van der Waals surface area contributed by atoms with Crippen molar-refractivity contribution >= 4 is 5.91 Å². The lowest BCUT2D eigenvalue weighted by molar-refractivity contribution is 0.0613. The molecule has 5 rings (SSSR count). The van der Waals surface area contributed by atoms with Gasteiger partial charge in [-0.2, -0.15) is 0 Å². The Bertz CT molecular complexity index is 1060. The Hall–Kier alpha value is -3.43. The number of para-hydroxylation sites is 1. The molecule has 0 unspecified atom stereocenters. The number of amides is 1. The second-order valence-electron chi connectivity index (χ2n) is 7.76. The Labute approximate surface area is 185 Å². The van der Waals surface area contributed by atoms with Gasteiger partial charge in [0.1, 0.15) is 42.0 Å². The van der Waals surface area contributed by atoms with Gasteiger partial charge in [0, 0.05) is 5.56 Å². The van der Waals surface area contributed by atoms with Crippen LogP contribution in [0.25, 0.3) is 0 Å². The number of carbonyl (C=O) groups is 1. The smallest absolute Gasteiger partial charge is 0.251 e. The van der Waals surface area contributed by atoms with Crippen molar-refractivity contribution in [3.05, 3.63) is 72.1 Å². The molecule has 2 aliphatic rings. The van der Waals surface area contributed by atoms with Crippen LogP contribution < -0.4 is 14.8 Å². The van der Waals surface area contributed by atoms with Gasteiger partial charge in [0.25, 0.3) is 5.91 Å². The average Bonchev–Trinajstić information content (AvgIpc) is 3.56. The molecule has 0 spiro atoms. The molecule has 2 aromatic carbocycles. The highest BCUT2D eigenvalue weighted by Gasteiger charge is 2.49. The molecule has 1 aromatic heterocycles. The van der Waals surface area contributed by atoms with Gasteiger partial charge < -0.3 is 24.3 Å². The summed E-state index contributed by atoms with van der Waals surface area (Å²) in [5, 5.41) is 11.5. The fourth-order valence-corrected chi connectivity index (χ4v) is 4.04. The number of carbonyl (C=O) groups excluding carboxylic acids is 1. The molecule has 9 nitrogen and oxygen atoms in total. The Kier molecular flexibility index (Phi) is 5.74. The van der Waals surface area contributed by atoms with Gasteiger partial charge in [-0.25, -0.2) is 4.68 Å². The second-order valence-corrected chi connectivity index (χ2v) is 7.76. The third-order valence-electron chi connectivity index (χ3n) is 5.72. The molecule has 0 radical (unpaired) electrons. The van der Waals surface area contributed by atoms with Crippen LogP contribution in [0.3, 0.4) is 0 Å². The first-order chi connectivity index (χ1) is 15.7. The van der Waals surface area contributed by atoms with Crippen LogP contribution in [0.2, 0.25) is 0 Å². The number of nitrogens with one attached hydrogen (secondary N) is 1. The number of methoxy groups -OCH3 is 1. The number of rotatable bonds is 7. The maximum absolute atomic E-state index is 12.6. The van der Waals surface area contributed by atoms with Gasteiger partial charge in [-0.3, -0.25) is 4.79 Å². The molecule has 4 atom stereocenters. The molecular formula is C23H24N4O5. The SMILES string of the molecule is COc1ccc(C(=O)N[C@@H]2CO[C@@H]3[C@@H]2OC[C@@H]3n2cc(COc3ccccc3)nn2)cc1. The molecule has 3 heterocycles. The van der Waals surface area contributed by atoms with E-state index in [-0.39, 0.29) is 30.2 Å². The molecule has 2 fully saturated rings. The molecule has 32 heavy (non-hydrogen) atoms. The number of hydrogen-bond donors (Lipinski definition) is 1. The minimum absolute atomic E-state index is 0.110. The molecule has 9 heteroatoms. The van der Waals surface area contributed by atoms with Gasteiger partial charge in [0.05, 0.1) is 32.6 Å². The third-order valence-corrected chi connectivity index (χ3v) is 5.72. The van der Waals surface area contributed by atoms with Crippen LogP contribution in [0.15, 0.2) is 60.8 Å². The van der Waals surface area contributed by atoms with Crippen LogP contribution in [0.5, 0.6) is 11.5 Å². The number of ether oxygens (including phenoxy) is 4. The minimum Gasteiger partial charge on any atom is -0.497 e. The van der Waals surface area contributed by atoms with E-state index < -0.39 is 0 Å². The monoisotopic (exact) mass is 436 g/mol. The Balaban J connectivity index is 1.19. The summed E-state index contributed by atoms with van der Waals surface area (Å²) in [6, 6.07) is 16.2. The van der Waals surface area contributed by atoms with E-state index >= 15 is 0 Å². The predicted molar refractivity (Wildman–Crippen MR) is 114 cm³/mol. The molecule has 0 aliphatic carbocycles. The summed E-state index contributed by atoms with van der Waals surface area (Å²) in [7, 11) is 1.59. The molecule has 1 amide bonds. The van der Waals surface area contributed by atoms with E-state index in [9.17, 15) is 4.79 Å². The van der Waals surface area contributed by atoms with Gasteiger partial charge in [-0.05, 0) is 36.4 Å². The van der Waals surface area contributed by atoms with Crippen LogP contribution in [0.4, 0.5) is 0 Å². The maximum atomic E-state index is 12.6. The summed E-state index contributed by atoms with van der Waals surface area (Å²) < 4.78 is 24.6. The zero-order valence-corrected chi connectivity index (χ0v) is 17.6. The molecule has 0 saturated carbocycles. The van der Waals surface area contributed by atoms with Crippen molar-refractivity contribution in [2.75, 3.05) is 20.3 Å². The average molecular weight is 436 g/mol. The van der Waals surface area contributed by atoms with Crippen LogP contribution >= 0.6 is 0 Å². The zero-order chi connectivity index (χ0) is 21.9. The third kappa shape index (κ3) is 4.17. The van der Waals surface area contributed by atoms with E-state index in [1.807, 2.05) is 36.5 Å². The summed E-state index contributed by atoms with van der Waals surface area (Å²) in [4.78, 5) is 12.6. The molecular weight excluding hydrogens is 412 g/mol. The van der Waals surface area contributed by atoms with Crippen molar-refractivity contribution in [1.82, 2.24) is 20.3 Å². The van der Waals surface area contributed by atoms with E-state index in [1.165, 1.54) is 0 Å². The molecule has 0 bridgehead atoms. The molecule has 1 N–H and O–H groups in total. The minimum atomic E-state index is -0.240. The van der Waals surface area contributed by atoms with E-state index in [2.05, 4.69) is 15.6 Å². The molecule has 2 aliphatic heterocycles. The van der Waals surface area contributed by atoms with Crippen molar-refractivity contribution in [3.8, 4) is 11.5 Å². The van der Waals surface area contributed by atoms with Crippen molar-refractivity contribution in [2.45, 2.75) is 30.9 Å².